The Labute approximate surface area is 136 Å². The Morgan fingerprint density at radius 2 is 1.87 bits per heavy atom. The van der Waals surface area contributed by atoms with E-state index in [1.807, 2.05) is 36.4 Å². The van der Waals surface area contributed by atoms with Gasteiger partial charge in [-0.2, -0.15) is 0 Å². The molecule has 1 aliphatic heterocycles. The minimum Gasteiger partial charge on any atom is -0.486 e. The van der Waals surface area contributed by atoms with Crippen molar-refractivity contribution >= 4 is 0 Å². The van der Waals surface area contributed by atoms with Gasteiger partial charge in [-0.05, 0) is 41.7 Å². The SMILES string of the molecule is OC1(CNCc2ccc3c(c2)OCCO3)CCc2ccccc21. The molecule has 4 rings (SSSR count). The lowest BCUT2D eigenvalue weighted by molar-refractivity contribution is 0.0384. The number of hydrogen-bond acceptors (Lipinski definition) is 4. The van der Waals surface area contributed by atoms with E-state index in [0.717, 1.165) is 35.5 Å². The molecular formula is C19H21NO3. The van der Waals surface area contributed by atoms with E-state index in [9.17, 15) is 5.11 Å². The topological polar surface area (TPSA) is 50.7 Å². The van der Waals surface area contributed by atoms with Gasteiger partial charge < -0.3 is 19.9 Å². The van der Waals surface area contributed by atoms with E-state index >= 15 is 0 Å². The first-order chi connectivity index (χ1) is 11.2. The third-order valence-corrected chi connectivity index (χ3v) is 4.68. The lowest BCUT2D eigenvalue weighted by Gasteiger charge is -2.25. The number of hydrogen-bond donors (Lipinski definition) is 2. The molecule has 4 heteroatoms. The van der Waals surface area contributed by atoms with Crippen molar-refractivity contribution in [2.45, 2.75) is 25.0 Å². The summed E-state index contributed by atoms with van der Waals surface area (Å²) < 4.78 is 11.1. The van der Waals surface area contributed by atoms with Crippen LogP contribution in [0.5, 0.6) is 11.5 Å². The zero-order valence-electron chi connectivity index (χ0n) is 13.0. The van der Waals surface area contributed by atoms with Gasteiger partial charge in [-0.3, -0.25) is 0 Å². The van der Waals surface area contributed by atoms with Gasteiger partial charge in [-0.15, -0.1) is 0 Å². The lowest BCUT2D eigenvalue weighted by Crippen LogP contribution is -2.36. The monoisotopic (exact) mass is 311 g/mol. The van der Waals surface area contributed by atoms with Crippen molar-refractivity contribution in [1.82, 2.24) is 5.32 Å². The minimum atomic E-state index is -0.760. The predicted molar refractivity (Wildman–Crippen MR) is 87.8 cm³/mol. The number of rotatable bonds is 4. The van der Waals surface area contributed by atoms with Gasteiger partial charge in [-0.1, -0.05) is 30.3 Å². The second-order valence-electron chi connectivity index (χ2n) is 6.27. The summed E-state index contributed by atoms with van der Waals surface area (Å²) in [7, 11) is 0. The summed E-state index contributed by atoms with van der Waals surface area (Å²) in [4.78, 5) is 0. The predicted octanol–water partition coefficient (Wildman–Crippen LogP) is 2.38. The Hall–Kier alpha value is -2.04. The van der Waals surface area contributed by atoms with Gasteiger partial charge in [0, 0.05) is 13.1 Å². The first kappa shape index (κ1) is 14.5. The Kier molecular flexibility index (Phi) is 3.71. The maximum atomic E-state index is 10.9. The summed E-state index contributed by atoms with van der Waals surface area (Å²) in [5, 5.41) is 14.3. The van der Waals surface area contributed by atoms with Crippen LogP contribution in [0, 0.1) is 0 Å². The second-order valence-corrected chi connectivity index (χ2v) is 6.27. The van der Waals surface area contributed by atoms with Crippen LogP contribution >= 0.6 is 0 Å². The summed E-state index contributed by atoms with van der Waals surface area (Å²) in [6, 6.07) is 14.2. The van der Waals surface area contributed by atoms with Gasteiger partial charge in [0.15, 0.2) is 11.5 Å². The molecule has 0 bridgehead atoms. The first-order valence-corrected chi connectivity index (χ1v) is 8.15. The fourth-order valence-electron chi connectivity index (χ4n) is 3.46. The summed E-state index contributed by atoms with van der Waals surface area (Å²) in [6.45, 7) is 2.46. The molecule has 4 nitrogen and oxygen atoms in total. The minimum absolute atomic E-state index is 0.554. The fraction of sp³-hybridized carbons (Fsp3) is 0.368. The summed E-state index contributed by atoms with van der Waals surface area (Å²) in [6.07, 6.45) is 1.72. The smallest absolute Gasteiger partial charge is 0.161 e. The number of aliphatic hydroxyl groups is 1. The summed E-state index contributed by atoms with van der Waals surface area (Å²) in [5.74, 6) is 1.61. The highest BCUT2D eigenvalue weighted by atomic mass is 16.6. The Morgan fingerprint density at radius 3 is 2.78 bits per heavy atom. The molecule has 0 fully saturated rings. The molecule has 2 aromatic rings. The number of benzene rings is 2. The molecule has 0 radical (unpaired) electrons. The summed E-state index contributed by atoms with van der Waals surface area (Å²) >= 11 is 0. The molecule has 1 aliphatic carbocycles. The molecule has 23 heavy (non-hydrogen) atoms. The van der Waals surface area contributed by atoms with Gasteiger partial charge in [0.25, 0.3) is 0 Å². The van der Waals surface area contributed by atoms with Crippen molar-refractivity contribution in [3.63, 3.8) is 0 Å². The van der Waals surface area contributed by atoms with Gasteiger partial charge in [0.2, 0.25) is 0 Å². The van der Waals surface area contributed by atoms with E-state index in [-0.39, 0.29) is 0 Å². The van der Waals surface area contributed by atoms with Crippen molar-refractivity contribution in [3.05, 3.63) is 59.2 Å². The first-order valence-electron chi connectivity index (χ1n) is 8.15. The highest BCUT2D eigenvalue weighted by molar-refractivity contribution is 5.44. The van der Waals surface area contributed by atoms with Crippen LogP contribution < -0.4 is 14.8 Å². The van der Waals surface area contributed by atoms with E-state index < -0.39 is 5.60 Å². The number of fused-ring (bicyclic) bond motifs is 2. The number of ether oxygens (including phenoxy) is 2. The molecule has 1 heterocycles. The van der Waals surface area contributed by atoms with Gasteiger partial charge in [-0.25, -0.2) is 0 Å². The van der Waals surface area contributed by atoms with Crippen LogP contribution in [0.25, 0.3) is 0 Å². The molecule has 0 spiro atoms. The average molecular weight is 311 g/mol. The molecular weight excluding hydrogens is 290 g/mol. The zero-order valence-corrected chi connectivity index (χ0v) is 13.0. The van der Waals surface area contributed by atoms with E-state index in [2.05, 4.69) is 11.4 Å². The van der Waals surface area contributed by atoms with Gasteiger partial charge in [0.05, 0.1) is 0 Å². The van der Waals surface area contributed by atoms with Crippen molar-refractivity contribution in [2.24, 2.45) is 0 Å². The second kappa shape index (κ2) is 5.87. The Bertz CT molecular complexity index is 716. The van der Waals surface area contributed by atoms with Gasteiger partial charge in [0.1, 0.15) is 18.8 Å². The maximum absolute atomic E-state index is 10.9. The quantitative estimate of drug-likeness (QED) is 0.910. The molecule has 1 atom stereocenters. The highest BCUT2D eigenvalue weighted by Crippen LogP contribution is 2.36. The maximum Gasteiger partial charge on any atom is 0.161 e. The van der Waals surface area contributed by atoms with E-state index in [0.29, 0.717) is 26.3 Å². The molecule has 2 N–H and O–H groups in total. The lowest BCUT2D eigenvalue weighted by atomic mass is 9.96. The largest absolute Gasteiger partial charge is 0.486 e. The van der Waals surface area contributed by atoms with E-state index in [1.165, 1.54) is 5.56 Å². The molecule has 1 unspecified atom stereocenters. The third-order valence-electron chi connectivity index (χ3n) is 4.68. The van der Waals surface area contributed by atoms with E-state index in [1.54, 1.807) is 0 Å². The van der Waals surface area contributed by atoms with E-state index in [4.69, 9.17) is 9.47 Å². The molecule has 2 aromatic carbocycles. The van der Waals surface area contributed by atoms with Gasteiger partial charge >= 0.3 is 0 Å². The van der Waals surface area contributed by atoms with Crippen molar-refractivity contribution < 1.29 is 14.6 Å². The summed E-state index contributed by atoms with van der Waals surface area (Å²) in [5.41, 5.74) is 2.69. The Morgan fingerprint density at radius 1 is 1.04 bits per heavy atom. The average Bonchev–Trinajstić information content (AvgIpc) is 2.93. The van der Waals surface area contributed by atoms with Crippen molar-refractivity contribution in [1.29, 1.82) is 0 Å². The number of nitrogens with one attached hydrogen (secondary N) is 1. The fourth-order valence-corrected chi connectivity index (χ4v) is 3.46. The van der Waals surface area contributed by atoms with Crippen LogP contribution in [0.4, 0.5) is 0 Å². The van der Waals surface area contributed by atoms with Crippen LogP contribution in [0.3, 0.4) is 0 Å². The van der Waals surface area contributed by atoms with Crippen LogP contribution in [0.1, 0.15) is 23.1 Å². The molecule has 0 aromatic heterocycles. The highest BCUT2D eigenvalue weighted by Gasteiger charge is 2.35. The van der Waals surface area contributed by atoms with Crippen LogP contribution in [-0.4, -0.2) is 24.9 Å². The van der Waals surface area contributed by atoms with Crippen LogP contribution in [0.15, 0.2) is 42.5 Å². The zero-order chi connectivity index (χ0) is 15.7. The molecule has 0 saturated heterocycles. The molecule has 120 valence electrons. The molecule has 2 aliphatic rings. The van der Waals surface area contributed by atoms with Crippen molar-refractivity contribution in [3.8, 4) is 11.5 Å². The number of aryl methyl sites for hydroxylation is 1. The molecule has 0 saturated carbocycles. The standard InChI is InChI=1S/C19H21NO3/c21-19(8-7-15-3-1-2-4-16(15)19)13-20-12-14-5-6-17-18(11-14)23-10-9-22-17/h1-6,11,20-21H,7-10,12-13H2. The van der Waals surface area contributed by atoms with Crippen molar-refractivity contribution in [2.75, 3.05) is 19.8 Å². The van der Waals surface area contributed by atoms with Crippen LogP contribution in [0.2, 0.25) is 0 Å². The third kappa shape index (κ3) is 2.80. The molecule has 0 amide bonds. The Balaban J connectivity index is 1.41. The van der Waals surface area contributed by atoms with Crippen LogP contribution in [-0.2, 0) is 18.6 Å². The normalized spacial score (nSPS) is 22.0.